The van der Waals surface area contributed by atoms with Gasteiger partial charge in [0.15, 0.2) is 0 Å². The molecule has 0 heterocycles. The monoisotopic (exact) mass is 312 g/mol. The van der Waals surface area contributed by atoms with Gasteiger partial charge in [0.05, 0.1) is 0 Å². The molecule has 0 aliphatic heterocycles. The molecular formula is C11H15F7O2. The lowest BCUT2D eigenvalue weighted by molar-refractivity contribution is -0.384. The van der Waals surface area contributed by atoms with E-state index in [9.17, 15) is 30.7 Å². The number of alkyl halides is 4. The highest BCUT2D eigenvalue weighted by Gasteiger charge is 2.70. The molecular weight excluding hydrogens is 297 g/mol. The van der Waals surface area contributed by atoms with Crippen molar-refractivity contribution in [3.05, 3.63) is 12.1 Å². The average Bonchev–Trinajstić information content (AvgIpc) is 2.34. The standard InChI is InChI=1S/C11H15F7O2/c1-4-5-6-9(2,19-3)10(15,16)11(17,18)20-8(14)7(12)13/h4-6H2,1-3H3. The van der Waals surface area contributed by atoms with Gasteiger partial charge in [-0.2, -0.15) is 30.7 Å². The average molecular weight is 312 g/mol. The molecule has 0 amide bonds. The van der Waals surface area contributed by atoms with E-state index in [2.05, 4.69) is 9.47 Å². The minimum atomic E-state index is -5.49. The van der Waals surface area contributed by atoms with Crippen LogP contribution in [0.25, 0.3) is 0 Å². The summed E-state index contributed by atoms with van der Waals surface area (Å²) in [6, 6.07) is -3.05. The van der Waals surface area contributed by atoms with Crippen molar-refractivity contribution in [3.8, 4) is 0 Å². The Bertz CT molecular complexity index is 353. The zero-order chi connectivity index (χ0) is 16.2. The molecule has 0 bridgehead atoms. The number of methoxy groups -OCH3 is 1. The molecule has 0 aromatic carbocycles. The normalized spacial score (nSPS) is 15.7. The maximum Gasteiger partial charge on any atom is 0.469 e. The smallest absolute Gasteiger partial charge is 0.398 e. The van der Waals surface area contributed by atoms with E-state index in [1.165, 1.54) is 0 Å². The molecule has 0 aliphatic carbocycles. The fraction of sp³-hybridized carbons (Fsp3) is 0.818. The third kappa shape index (κ3) is 3.77. The van der Waals surface area contributed by atoms with Crippen molar-refractivity contribution in [1.82, 2.24) is 0 Å². The number of hydrogen-bond donors (Lipinski definition) is 0. The Morgan fingerprint density at radius 3 is 1.90 bits per heavy atom. The molecule has 0 radical (unpaired) electrons. The lowest BCUT2D eigenvalue weighted by Gasteiger charge is -2.39. The highest BCUT2D eigenvalue weighted by Crippen LogP contribution is 2.48. The van der Waals surface area contributed by atoms with Crippen LogP contribution in [-0.2, 0) is 9.47 Å². The molecule has 0 spiro atoms. The van der Waals surface area contributed by atoms with Gasteiger partial charge in [0, 0.05) is 7.11 Å². The molecule has 0 aromatic rings. The predicted molar refractivity (Wildman–Crippen MR) is 56.3 cm³/mol. The van der Waals surface area contributed by atoms with Crippen LogP contribution in [0.5, 0.6) is 0 Å². The Morgan fingerprint density at radius 1 is 1.05 bits per heavy atom. The highest BCUT2D eigenvalue weighted by molar-refractivity contribution is 4.98. The van der Waals surface area contributed by atoms with Crippen LogP contribution in [0.2, 0.25) is 0 Å². The number of rotatable bonds is 8. The summed E-state index contributed by atoms with van der Waals surface area (Å²) in [5, 5.41) is 0. The fourth-order valence-corrected chi connectivity index (χ4v) is 1.42. The maximum atomic E-state index is 13.8. The molecule has 1 atom stereocenters. The Balaban J connectivity index is 5.39. The van der Waals surface area contributed by atoms with Crippen LogP contribution in [0.15, 0.2) is 12.1 Å². The summed E-state index contributed by atoms with van der Waals surface area (Å²) in [5.74, 6) is -5.02. The molecule has 0 N–H and O–H groups in total. The molecule has 120 valence electrons. The lowest BCUT2D eigenvalue weighted by Crippen LogP contribution is -2.59. The molecule has 0 aromatic heterocycles. The van der Waals surface area contributed by atoms with Gasteiger partial charge in [-0.1, -0.05) is 19.8 Å². The quantitative estimate of drug-likeness (QED) is 0.470. The van der Waals surface area contributed by atoms with Crippen molar-refractivity contribution in [1.29, 1.82) is 0 Å². The molecule has 0 saturated heterocycles. The Morgan fingerprint density at radius 2 is 1.55 bits per heavy atom. The number of halogens is 7. The van der Waals surface area contributed by atoms with E-state index in [1.54, 1.807) is 6.92 Å². The van der Waals surface area contributed by atoms with Gasteiger partial charge in [0.2, 0.25) is 0 Å². The first kappa shape index (κ1) is 19.0. The van der Waals surface area contributed by atoms with Gasteiger partial charge in [-0.3, -0.25) is 0 Å². The minimum absolute atomic E-state index is 0.117. The van der Waals surface area contributed by atoms with E-state index in [0.29, 0.717) is 13.3 Å². The third-order valence-electron chi connectivity index (χ3n) is 2.85. The molecule has 1 unspecified atom stereocenters. The van der Waals surface area contributed by atoms with Crippen LogP contribution in [0, 0.1) is 0 Å². The fourth-order valence-electron chi connectivity index (χ4n) is 1.42. The second kappa shape index (κ2) is 6.64. The van der Waals surface area contributed by atoms with E-state index in [1.807, 2.05) is 0 Å². The van der Waals surface area contributed by atoms with E-state index in [4.69, 9.17) is 0 Å². The van der Waals surface area contributed by atoms with Crippen molar-refractivity contribution in [3.63, 3.8) is 0 Å². The van der Waals surface area contributed by atoms with Crippen LogP contribution in [0.4, 0.5) is 30.7 Å². The van der Waals surface area contributed by atoms with Gasteiger partial charge in [-0.25, -0.2) is 0 Å². The molecule has 2 nitrogen and oxygen atoms in total. The van der Waals surface area contributed by atoms with Gasteiger partial charge < -0.3 is 9.47 Å². The van der Waals surface area contributed by atoms with Crippen LogP contribution in [0.3, 0.4) is 0 Å². The Hall–Kier alpha value is -0.990. The minimum Gasteiger partial charge on any atom is -0.398 e. The first-order valence-corrected chi connectivity index (χ1v) is 5.65. The molecule has 0 rings (SSSR count). The summed E-state index contributed by atoms with van der Waals surface area (Å²) in [6.07, 6.45) is -8.71. The SMILES string of the molecule is CCCCC(C)(OC)C(F)(F)C(F)(F)OC(F)=C(F)F. The Kier molecular flexibility index (Phi) is 6.31. The van der Waals surface area contributed by atoms with Crippen LogP contribution in [-0.4, -0.2) is 24.7 Å². The van der Waals surface area contributed by atoms with E-state index in [-0.39, 0.29) is 6.42 Å². The third-order valence-corrected chi connectivity index (χ3v) is 2.85. The summed E-state index contributed by atoms with van der Waals surface area (Å²) in [4.78, 5) is 0. The molecule has 9 heteroatoms. The second-order valence-electron chi connectivity index (χ2n) is 4.27. The molecule has 0 saturated carbocycles. The van der Waals surface area contributed by atoms with Crippen molar-refractivity contribution in [2.75, 3.05) is 7.11 Å². The first-order valence-electron chi connectivity index (χ1n) is 5.65. The van der Waals surface area contributed by atoms with E-state index in [0.717, 1.165) is 7.11 Å². The lowest BCUT2D eigenvalue weighted by atomic mass is 9.90. The van der Waals surface area contributed by atoms with Crippen LogP contribution >= 0.6 is 0 Å². The molecule has 20 heavy (non-hydrogen) atoms. The Labute approximate surface area is 111 Å². The van der Waals surface area contributed by atoms with Gasteiger partial charge in [0.25, 0.3) is 0 Å². The van der Waals surface area contributed by atoms with Crippen molar-refractivity contribution in [2.24, 2.45) is 0 Å². The van der Waals surface area contributed by atoms with Crippen LogP contribution < -0.4 is 0 Å². The summed E-state index contributed by atoms with van der Waals surface area (Å²) in [5.41, 5.74) is -2.69. The largest absolute Gasteiger partial charge is 0.469 e. The van der Waals surface area contributed by atoms with Gasteiger partial charge in [0.1, 0.15) is 5.60 Å². The summed E-state index contributed by atoms with van der Waals surface area (Å²) in [7, 11) is 0.765. The summed E-state index contributed by atoms with van der Waals surface area (Å²) >= 11 is 0. The first-order chi connectivity index (χ1) is 8.95. The number of ether oxygens (including phenoxy) is 2. The van der Waals surface area contributed by atoms with Gasteiger partial charge in [-0.15, -0.1) is 0 Å². The van der Waals surface area contributed by atoms with E-state index >= 15 is 0 Å². The molecule has 0 fully saturated rings. The van der Waals surface area contributed by atoms with Crippen molar-refractivity contribution < 1.29 is 40.2 Å². The topological polar surface area (TPSA) is 18.5 Å². The predicted octanol–water partition coefficient (Wildman–Crippen LogP) is 4.86. The summed E-state index contributed by atoms with van der Waals surface area (Å²) < 4.78 is 97.0. The van der Waals surface area contributed by atoms with Crippen molar-refractivity contribution in [2.45, 2.75) is 50.7 Å². The second-order valence-corrected chi connectivity index (χ2v) is 4.27. The zero-order valence-electron chi connectivity index (χ0n) is 11.1. The number of hydrogen-bond acceptors (Lipinski definition) is 2. The van der Waals surface area contributed by atoms with Gasteiger partial charge >= 0.3 is 24.1 Å². The number of unbranched alkanes of at least 4 members (excludes halogenated alkanes) is 1. The van der Waals surface area contributed by atoms with Gasteiger partial charge in [-0.05, 0) is 13.3 Å². The van der Waals surface area contributed by atoms with Crippen LogP contribution in [0.1, 0.15) is 33.1 Å². The highest BCUT2D eigenvalue weighted by atomic mass is 19.3. The maximum absolute atomic E-state index is 13.8. The zero-order valence-corrected chi connectivity index (χ0v) is 11.1. The van der Waals surface area contributed by atoms with E-state index < -0.39 is 36.1 Å². The molecule has 0 aliphatic rings. The summed E-state index contributed by atoms with van der Waals surface area (Å²) in [6.45, 7) is 2.30. The van der Waals surface area contributed by atoms with Crippen molar-refractivity contribution >= 4 is 0 Å².